The fraction of sp³-hybridized carbons (Fsp3) is 0.438. The molecule has 0 amide bonds. The Labute approximate surface area is 114 Å². The number of benzene rings is 1. The summed E-state index contributed by atoms with van der Waals surface area (Å²) in [7, 11) is 2.27. The van der Waals surface area contributed by atoms with Gasteiger partial charge in [0.2, 0.25) is 0 Å². The third-order valence-corrected chi connectivity index (χ3v) is 4.57. The summed E-state index contributed by atoms with van der Waals surface area (Å²) < 4.78 is 0.949. The lowest BCUT2D eigenvalue weighted by Crippen LogP contribution is -2.48. The van der Waals surface area contributed by atoms with Gasteiger partial charge in [-0.1, -0.05) is 18.2 Å². The topological polar surface area (TPSA) is 33.1 Å². The Morgan fingerprint density at radius 1 is 1.32 bits per heavy atom. The molecule has 0 bridgehead atoms. The van der Waals surface area contributed by atoms with Crippen LogP contribution in [0.25, 0.3) is 10.9 Å². The Kier molecular flexibility index (Phi) is 3.25. The number of likely N-dealkylation sites (tertiary alicyclic amines) is 1. The maximum Gasteiger partial charge on any atom is 0.113 e. The first-order valence-electron chi connectivity index (χ1n) is 7.01. The van der Waals surface area contributed by atoms with Gasteiger partial charge in [0.05, 0.1) is 25.7 Å². The minimum atomic E-state index is 0.291. The van der Waals surface area contributed by atoms with Crippen molar-refractivity contribution in [3.8, 4) is 0 Å². The molecule has 1 aliphatic rings. The fourth-order valence-corrected chi connectivity index (χ4v) is 3.36. The molecule has 1 aliphatic heterocycles. The van der Waals surface area contributed by atoms with Gasteiger partial charge in [-0.05, 0) is 12.1 Å². The number of quaternary nitrogens is 1. The van der Waals surface area contributed by atoms with Gasteiger partial charge < -0.3 is 9.59 Å². The van der Waals surface area contributed by atoms with E-state index < -0.39 is 0 Å². The number of hydrogen-bond donors (Lipinski definition) is 1. The molecule has 2 aromatic rings. The summed E-state index contributed by atoms with van der Waals surface area (Å²) in [6.07, 6.45) is 4.24. The summed E-state index contributed by atoms with van der Waals surface area (Å²) in [6, 6.07) is 10.8. The van der Waals surface area contributed by atoms with Crippen LogP contribution in [0.4, 0.5) is 0 Å². The monoisotopic (exact) mass is 257 g/mol. The van der Waals surface area contributed by atoms with Gasteiger partial charge in [-0.15, -0.1) is 0 Å². The van der Waals surface area contributed by atoms with Crippen LogP contribution in [0.5, 0.6) is 0 Å². The number of nitrogens with zero attached hydrogens (tertiary/aromatic N) is 2. The van der Waals surface area contributed by atoms with Crippen LogP contribution in [-0.4, -0.2) is 40.8 Å². The van der Waals surface area contributed by atoms with E-state index in [1.54, 1.807) is 0 Å². The van der Waals surface area contributed by atoms with Crippen molar-refractivity contribution in [1.29, 1.82) is 0 Å². The van der Waals surface area contributed by atoms with Crippen LogP contribution in [0.15, 0.2) is 36.5 Å². The molecule has 0 radical (unpaired) electrons. The largest absolute Gasteiger partial charge is 0.390 e. The number of rotatable bonds is 3. The number of hydrogen-bond acceptors (Lipinski definition) is 2. The number of aliphatic hydroxyl groups excluding tert-OH is 1. The van der Waals surface area contributed by atoms with Gasteiger partial charge >= 0.3 is 0 Å². The first-order valence-corrected chi connectivity index (χ1v) is 7.01. The van der Waals surface area contributed by atoms with Gasteiger partial charge in [0.25, 0.3) is 0 Å². The molecule has 2 heterocycles. The average molecular weight is 257 g/mol. The smallest absolute Gasteiger partial charge is 0.113 e. The zero-order valence-corrected chi connectivity index (χ0v) is 11.4. The standard InChI is InChI=1S/C16H21N2O/c1-18(10-4-5-14(18)12-19)11-13-8-9-17-16-7-3-2-6-15(13)16/h2-3,6-9,14,19H,4-5,10-12H2,1H3/q+1/t14-,18-/m0/s1. The Hall–Kier alpha value is -1.45. The summed E-state index contributed by atoms with van der Waals surface area (Å²) in [6.45, 7) is 2.43. The van der Waals surface area contributed by atoms with E-state index in [1.807, 2.05) is 12.3 Å². The van der Waals surface area contributed by atoms with Crippen molar-refractivity contribution in [2.24, 2.45) is 0 Å². The van der Waals surface area contributed by atoms with Crippen molar-refractivity contribution in [3.05, 3.63) is 42.1 Å². The number of para-hydroxylation sites is 1. The van der Waals surface area contributed by atoms with Crippen LogP contribution in [0.3, 0.4) is 0 Å². The Bertz CT molecular complexity index is 578. The number of aliphatic hydroxyl groups is 1. The molecule has 0 aliphatic carbocycles. The molecule has 2 atom stereocenters. The van der Waals surface area contributed by atoms with E-state index in [1.165, 1.54) is 17.4 Å². The fourth-order valence-electron chi connectivity index (χ4n) is 3.36. The molecular formula is C16H21N2O+. The van der Waals surface area contributed by atoms with Gasteiger partial charge in [0.15, 0.2) is 0 Å². The van der Waals surface area contributed by atoms with E-state index in [9.17, 15) is 5.11 Å². The lowest BCUT2D eigenvalue weighted by Gasteiger charge is -2.35. The highest BCUT2D eigenvalue weighted by Gasteiger charge is 2.37. The van der Waals surface area contributed by atoms with Gasteiger partial charge in [-0.25, -0.2) is 0 Å². The second-order valence-corrected chi connectivity index (χ2v) is 5.83. The second kappa shape index (κ2) is 4.91. The van der Waals surface area contributed by atoms with Gasteiger partial charge in [0, 0.05) is 30.0 Å². The summed E-state index contributed by atoms with van der Waals surface area (Å²) in [4.78, 5) is 4.42. The lowest BCUT2D eigenvalue weighted by atomic mass is 10.1. The van der Waals surface area contributed by atoms with Gasteiger partial charge in [0.1, 0.15) is 12.6 Å². The average Bonchev–Trinajstić information content (AvgIpc) is 2.80. The molecule has 19 heavy (non-hydrogen) atoms. The van der Waals surface area contributed by atoms with Crippen LogP contribution in [0, 0.1) is 0 Å². The van der Waals surface area contributed by atoms with Crippen LogP contribution < -0.4 is 0 Å². The van der Waals surface area contributed by atoms with Crippen molar-refractivity contribution < 1.29 is 9.59 Å². The molecule has 0 spiro atoms. The van der Waals surface area contributed by atoms with E-state index >= 15 is 0 Å². The molecule has 1 fully saturated rings. The molecule has 1 N–H and O–H groups in total. The summed E-state index contributed by atoms with van der Waals surface area (Å²) in [5.74, 6) is 0. The predicted molar refractivity (Wildman–Crippen MR) is 76.6 cm³/mol. The number of aromatic nitrogens is 1. The van der Waals surface area contributed by atoms with Crippen LogP contribution in [0.1, 0.15) is 18.4 Å². The number of pyridine rings is 1. The zero-order chi connectivity index (χ0) is 13.3. The molecule has 0 saturated carbocycles. The van der Waals surface area contributed by atoms with Crippen molar-refractivity contribution >= 4 is 10.9 Å². The van der Waals surface area contributed by atoms with E-state index in [4.69, 9.17) is 0 Å². The SMILES string of the molecule is C[N@@+]1(Cc2ccnc3ccccc23)CCC[C@H]1CO. The molecule has 3 rings (SSSR count). The third-order valence-electron chi connectivity index (χ3n) is 4.57. The minimum absolute atomic E-state index is 0.291. The molecular weight excluding hydrogens is 236 g/mol. The number of fused-ring (bicyclic) bond motifs is 1. The van der Waals surface area contributed by atoms with E-state index in [0.29, 0.717) is 12.6 Å². The van der Waals surface area contributed by atoms with Crippen LogP contribution in [-0.2, 0) is 6.54 Å². The summed E-state index contributed by atoms with van der Waals surface area (Å²) >= 11 is 0. The number of likely N-dealkylation sites (N-methyl/N-ethyl adjacent to an activating group) is 1. The van der Waals surface area contributed by atoms with Crippen LogP contribution >= 0.6 is 0 Å². The minimum Gasteiger partial charge on any atom is -0.390 e. The second-order valence-electron chi connectivity index (χ2n) is 5.83. The molecule has 3 heteroatoms. The molecule has 100 valence electrons. The zero-order valence-electron chi connectivity index (χ0n) is 11.4. The highest BCUT2D eigenvalue weighted by atomic mass is 16.3. The maximum absolute atomic E-state index is 9.56. The third kappa shape index (κ3) is 2.24. The van der Waals surface area contributed by atoms with Crippen LogP contribution in [0.2, 0.25) is 0 Å². The molecule has 3 nitrogen and oxygen atoms in total. The Morgan fingerprint density at radius 3 is 3.00 bits per heavy atom. The van der Waals surface area contributed by atoms with Crippen molar-refractivity contribution in [2.45, 2.75) is 25.4 Å². The van der Waals surface area contributed by atoms with Gasteiger partial charge in [-0.2, -0.15) is 0 Å². The molecule has 1 aromatic carbocycles. The maximum atomic E-state index is 9.56. The highest BCUT2D eigenvalue weighted by Crippen LogP contribution is 2.29. The highest BCUT2D eigenvalue weighted by molar-refractivity contribution is 5.81. The first-order chi connectivity index (χ1) is 9.23. The Morgan fingerprint density at radius 2 is 2.16 bits per heavy atom. The van der Waals surface area contributed by atoms with E-state index in [0.717, 1.165) is 29.5 Å². The van der Waals surface area contributed by atoms with Gasteiger partial charge in [-0.3, -0.25) is 4.98 Å². The molecule has 1 saturated heterocycles. The lowest BCUT2D eigenvalue weighted by molar-refractivity contribution is -0.934. The quantitative estimate of drug-likeness (QED) is 0.856. The summed E-state index contributed by atoms with van der Waals surface area (Å²) in [5, 5.41) is 10.8. The van der Waals surface area contributed by atoms with Crippen molar-refractivity contribution in [3.63, 3.8) is 0 Å². The Balaban J connectivity index is 1.97. The first kappa shape index (κ1) is 12.6. The predicted octanol–water partition coefficient (Wildman–Crippen LogP) is 2.34. The molecule has 1 aromatic heterocycles. The van der Waals surface area contributed by atoms with E-state index in [-0.39, 0.29) is 0 Å². The summed E-state index contributed by atoms with van der Waals surface area (Å²) in [5.41, 5.74) is 2.40. The normalized spacial score (nSPS) is 26.9. The van der Waals surface area contributed by atoms with Crippen molar-refractivity contribution in [2.75, 3.05) is 20.2 Å². The van der Waals surface area contributed by atoms with E-state index in [2.05, 4.69) is 36.3 Å². The molecule has 0 unspecified atom stereocenters. The van der Waals surface area contributed by atoms with Crippen molar-refractivity contribution in [1.82, 2.24) is 4.98 Å².